The number of hydrogen-bond acceptors (Lipinski definition) is 5. The average molecular weight is 324 g/mol. The zero-order chi connectivity index (χ0) is 15.7. The van der Waals surface area contributed by atoms with Crippen LogP contribution < -0.4 is 10.6 Å². The summed E-state index contributed by atoms with van der Waals surface area (Å²) >= 11 is 0. The third-order valence-electron chi connectivity index (χ3n) is 4.21. The lowest BCUT2D eigenvalue weighted by atomic mass is 9.97. The molecule has 1 unspecified atom stereocenters. The molecule has 0 bridgehead atoms. The van der Waals surface area contributed by atoms with Crippen molar-refractivity contribution in [3.63, 3.8) is 0 Å². The highest BCUT2D eigenvalue weighted by Gasteiger charge is 2.27. The lowest BCUT2D eigenvalue weighted by Gasteiger charge is -2.27. The molecule has 7 nitrogen and oxygen atoms in total. The van der Waals surface area contributed by atoms with Crippen molar-refractivity contribution in [1.29, 1.82) is 0 Å². The van der Waals surface area contributed by atoms with E-state index in [9.17, 15) is 13.2 Å². The summed E-state index contributed by atoms with van der Waals surface area (Å²) in [6.45, 7) is 2.39. The molecule has 1 saturated heterocycles. The Labute approximate surface area is 130 Å². The van der Waals surface area contributed by atoms with Crippen molar-refractivity contribution < 1.29 is 13.2 Å². The van der Waals surface area contributed by atoms with Crippen LogP contribution in [0.25, 0.3) is 0 Å². The second-order valence-corrected chi connectivity index (χ2v) is 7.82. The summed E-state index contributed by atoms with van der Waals surface area (Å²) in [5.74, 6) is -0.120. The molecule has 3 rings (SSSR count). The number of hydrogen-bond donors (Lipinski definition) is 2. The van der Waals surface area contributed by atoms with E-state index in [0.717, 1.165) is 30.6 Å². The fourth-order valence-electron chi connectivity index (χ4n) is 2.99. The summed E-state index contributed by atoms with van der Waals surface area (Å²) in [5.41, 5.74) is 2.30. The van der Waals surface area contributed by atoms with Gasteiger partial charge in [0.05, 0.1) is 11.8 Å². The minimum absolute atomic E-state index is 0.120. The Morgan fingerprint density at radius 3 is 2.95 bits per heavy atom. The van der Waals surface area contributed by atoms with E-state index in [1.165, 1.54) is 10.6 Å². The number of aromatic nitrogens is 1. The summed E-state index contributed by atoms with van der Waals surface area (Å²) in [6.07, 6.45) is 5.90. The molecule has 1 atom stereocenters. The maximum atomic E-state index is 12.4. The second kappa shape index (κ2) is 5.94. The van der Waals surface area contributed by atoms with Gasteiger partial charge < -0.3 is 10.6 Å². The van der Waals surface area contributed by atoms with Gasteiger partial charge in [0, 0.05) is 38.1 Å². The van der Waals surface area contributed by atoms with E-state index in [0.29, 0.717) is 18.5 Å². The standard InChI is InChI=1S/C14H20N4O3S/c1-22(20,21)18-5-3-12-10(9-18)6-16-8-13(12)14(19)17-11-2-4-15-7-11/h6,8,11,15H,2-5,7,9H2,1H3,(H,17,19). The van der Waals surface area contributed by atoms with E-state index in [-0.39, 0.29) is 18.5 Å². The Morgan fingerprint density at radius 1 is 1.45 bits per heavy atom. The van der Waals surface area contributed by atoms with Crippen molar-refractivity contribution in [2.75, 3.05) is 25.9 Å². The first kappa shape index (κ1) is 15.4. The first-order chi connectivity index (χ1) is 10.4. The van der Waals surface area contributed by atoms with E-state index in [1.807, 2.05) is 0 Å². The van der Waals surface area contributed by atoms with Crippen LogP contribution in [0.15, 0.2) is 12.4 Å². The highest BCUT2D eigenvalue weighted by molar-refractivity contribution is 7.88. The van der Waals surface area contributed by atoms with Gasteiger partial charge in [-0.1, -0.05) is 0 Å². The zero-order valence-corrected chi connectivity index (χ0v) is 13.3. The molecular weight excluding hydrogens is 304 g/mol. The molecule has 0 spiro atoms. The number of pyridine rings is 1. The fraction of sp³-hybridized carbons (Fsp3) is 0.571. The normalized spacial score (nSPS) is 22.3. The maximum Gasteiger partial charge on any atom is 0.253 e. The van der Waals surface area contributed by atoms with Crippen LogP contribution in [-0.4, -0.2) is 55.5 Å². The van der Waals surface area contributed by atoms with Gasteiger partial charge in [0.1, 0.15) is 0 Å². The van der Waals surface area contributed by atoms with Crippen molar-refractivity contribution in [2.45, 2.75) is 25.4 Å². The minimum Gasteiger partial charge on any atom is -0.348 e. The molecule has 2 aliphatic rings. The molecule has 8 heteroatoms. The summed E-state index contributed by atoms with van der Waals surface area (Å²) < 4.78 is 24.7. The van der Waals surface area contributed by atoms with Crippen molar-refractivity contribution in [1.82, 2.24) is 19.9 Å². The molecule has 1 aromatic rings. The summed E-state index contributed by atoms with van der Waals surface area (Å²) in [4.78, 5) is 16.6. The van der Waals surface area contributed by atoms with Crippen LogP contribution in [0.2, 0.25) is 0 Å². The molecule has 120 valence electrons. The SMILES string of the molecule is CS(=O)(=O)N1CCc2c(cncc2C(=O)NC2CCNC2)C1. The third-order valence-corrected chi connectivity index (χ3v) is 5.46. The van der Waals surface area contributed by atoms with Crippen molar-refractivity contribution in [3.8, 4) is 0 Å². The highest BCUT2D eigenvalue weighted by atomic mass is 32.2. The van der Waals surface area contributed by atoms with Gasteiger partial charge in [0.25, 0.3) is 5.91 Å². The number of nitrogens with one attached hydrogen (secondary N) is 2. The van der Waals surface area contributed by atoms with Crippen molar-refractivity contribution in [2.24, 2.45) is 0 Å². The van der Waals surface area contributed by atoms with Crippen molar-refractivity contribution >= 4 is 15.9 Å². The predicted molar refractivity (Wildman–Crippen MR) is 81.9 cm³/mol. The second-order valence-electron chi connectivity index (χ2n) is 5.83. The molecule has 0 saturated carbocycles. The molecule has 3 heterocycles. The molecule has 0 aromatic carbocycles. The first-order valence-corrected chi connectivity index (χ1v) is 9.22. The molecule has 0 aliphatic carbocycles. The van der Waals surface area contributed by atoms with Gasteiger partial charge in [-0.3, -0.25) is 9.78 Å². The average Bonchev–Trinajstić information content (AvgIpc) is 2.98. The monoisotopic (exact) mass is 324 g/mol. The Bertz CT molecular complexity index is 683. The van der Waals surface area contributed by atoms with Gasteiger partial charge in [-0.15, -0.1) is 0 Å². The van der Waals surface area contributed by atoms with Crippen molar-refractivity contribution in [3.05, 3.63) is 29.1 Å². The number of amides is 1. The molecule has 22 heavy (non-hydrogen) atoms. The third kappa shape index (κ3) is 3.13. The number of fused-ring (bicyclic) bond motifs is 1. The Kier molecular flexibility index (Phi) is 4.16. The van der Waals surface area contributed by atoms with Gasteiger partial charge in [0.2, 0.25) is 10.0 Å². The van der Waals surface area contributed by atoms with E-state index in [2.05, 4.69) is 15.6 Å². The summed E-state index contributed by atoms with van der Waals surface area (Å²) in [6, 6.07) is 0.152. The van der Waals surface area contributed by atoms with E-state index >= 15 is 0 Å². The van der Waals surface area contributed by atoms with Crippen LogP contribution >= 0.6 is 0 Å². The Morgan fingerprint density at radius 2 is 2.27 bits per heavy atom. The molecule has 2 aliphatic heterocycles. The van der Waals surface area contributed by atoms with E-state index in [1.54, 1.807) is 12.4 Å². The minimum atomic E-state index is -3.22. The van der Waals surface area contributed by atoms with Gasteiger partial charge >= 0.3 is 0 Å². The zero-order valence-electron chi connectivity index (χ0n) is 12.5. The van der Waals surface area contributed by atoms with Crippen LogP contribution in [0.4, 0.5) is 0 Å². The predicted octanol–water partition coefficient (Wildman–Crippen LogP) is -0.509. The molecule has 0 radical (unpaired) electrons. The number of nitrogens with zero attached hydrogens (tertiary/aromatic N) is 2. The maximum absolute atomic E-state index is 12.4. The van der Waals surface area contributed by atoms with Gasteiger partial charge in [-0.25, -0.2) is 8.42 Å². The van der Waals surface area contributed by atoms with E-state index < -0.39 is 10.0 Å². The van der Waals surface area contributed by atoms with Crippen LogP contribution in [-0.2, 0) is 23.0 Å². The van der Waals surface area contributed by atoms with Crippen LogP contribution in [0, 0.1) is 0 Å². The van der Waals surface area contributed by atoms with E-state index in [4.69, 9.17) is 0 Å². The Balaban J connectivity index is 1.81. The number of carbonyl (C=O) groups is 1. The largest absolute Gasteiger partial charge is 0.348 e. The molecule has 1 fully saturated rings. The first-order valence-electron chi connectivity index (χ1n) is 7.37. The summed E-state index contributed by atoms with van der Waals surface area (Å²) in [7, 11) is -3.22. The van der Waals surface area contributed by atoms with Gasteiger partial charge in [-0.2, -0.15) is 4.31 Å². The quantitative estimate of drug-likeness (QED) is 0.781. The van der Waals surface area contributed by atoms with Crippen LogP contribution in [0.1, 0.15) is 27.9 Å². The number of carbonyl (C=O) groups excluding carboxylic acids is 1. The van der Waals surface area contributed by atoms with Gasteiger partial charge in [0.15, 0.2) is 0 Å². The molecule has 1 aromatic heterocycles. The smallest absolute Gasteiger partial charge is 0.253 e. The lowest BCUT2D eigenvalue weighted by Crippen LogP contribution is -2.39. The molecular formula is C14H20N4O3S. The summed E-state index contributed by atoms with van der Waals surface area (Å²) in [5, 5.41) is 6.22. The molecule has 2 N–H and O–H groups in total. The fourth-order valence-corrected chi connectivity index (χ4v) is 3.78. The van der Waals surface area contributed by atoms with Crippen LogP contribution in [0.5, 0.6) is 0 Å². The number of rotatable bonds is 3. The van der Waals surface area contributed by atoms with Crippen LogP contribution in [0.3, 0.4) is 0 Å². The molecule has 1 amide bonds. The lowest BCUT2D eigenvalue weighted by molar-refractivity contribution is 0.0938. The van der Waals surface area contributed by atoms with Gasteiger partial charge in [-0.05, 0) is 30.5 Å². The Hall–Kier alpha value is -1.51. The number of sulfonamides is 1. The topological polar surface area (TPSA) is 91.4 Å². The highest BCUT2D eigenvalue weighted by Crippen LogP contribution is 2.23.